The van der Waals surface area contributed by atoms with Gasteiger partial charge in [0, 0.05) is 29.7 Å². The van der Waals surface area contributed by atoms with E-state index in [4.69, 9.17) is 11.6 Å². The summed E-state index contributed by atoms with van der Waals surface area (Å²) in [5.41, 5.74) is 0.578. The van der Waals surface area contributed by atoms with Crippen LogP contribution in [0.25, 0.3) is 0 Å². The number of benzene rings is 1. The van der Waals surface area contributed by atoms with Gasteiger partial charge in [0.05, 0.1) is 6.26 Å². The van der Waals surface area contributed by atoms with Gasteiger partial charge in [-0.3, -0.25) is 4.90 Å². The fourth-order valence-electron chi connectivity index (χ4n) is 2.49. The van der Waals surface area contributed by atoms with E-state index in [1.54, 1.807) is 12.1 Å². The van der Waals surface area contributed by atoms with Crippen molar-refractivity contribution in [3.8, 4) is 0 Å². The van der Waals surface area contributed by atoms with Gasteiger partial charge in [0.25, 0.3) is 0 Å². The number of hydrogen-bond donors (Lipinski definition) is 1. The minimum absolute atomic E-state index is 0.103. The molecule has 1 N–H and O–H groups in total. The monoisotopic (exact) mass is 320 g/mol. The molecule has 0 bridgehead atoms. The van der Waals surface area contributed by atoms with E-state index in [2.05, 4.69) is 9.62 Å². The van der Waals surface area contributed by atoms with Crippen molar-refractivity contribution in [1.29, 1.82) is 0 Å². The van der Waals surface area contributed by atoms with Crippen LogP contribution in [0.3, 0.4) is 0 Å². The average Bonchev–Trinajstić information content (AvgIpc) is 2.31. The highest BCUT2D eigenvalue weighted by molar-refractivity contribution is 7.88. The lowest BCUT2D eigenvalue weighted by atomic mass is 10.1. The Bertz CT molecular complexity index is 580. The van der Waals surface area contributed by atoms with E-state index in [1.165, 1.54) is 6.07 Å². The third-order valence-electron chi connectivity index (χ3n) is 3.30. The molecule has 0 amide bonds. The molecule has 0 aromatic heterocycles. The van der Waals surface area contributed by atoms with Crippen LogP contribution < -0.4 is 4.72 Å². The van der Waals surface area contributed by atoms with Gasteiger partial charge in [0.1, 0.15) is 5.82 Å². The van der Waals surface area contributed by atoms with Crippen molar-refractivity contribution in [2.24, 2.45) is 0 Å². The lowest BCUT2D eigenvalue weighted by Gasteiger charge is -2.32. The summed E-state index contributed by atoms with van der Waals surface area (Å²) in [6.07, 6.45) is 2.86. The maximum Gasteiger partial charge on any atom is 0.208 e. The van der Waals surface area contributed by atoms with Gasteiger partial charge in [-0.2, -0.15) is 0 Å². The Morgan fingerprint density at radius 2 is 2.25 bits per heavy atom. The summed E-state index contributed by atoms with van der Waals surface area (Å²) in [6, 6.07) is 4.53. The second-order valence-corrected chi connectivity index (χ2v) is 7.42. The summed E-state index contributed by atoms with van der Waals surface area (Å²) < 4.78 is 38.9. The standard InChI is InChI=1S/C13H18ClFN2O2S/c1-20(18,19)16-12-3-2-6-17(9-12)8-10-4-5-11(14)7-13(10)15/h4-5,7,12,16H,2-3,6,8-9H2,1H3/t12-/m0/s1. The lowest BCUT2D eigenvalue weighted by Crippen LogP contribution is -2.47. The van der Waals surface area contributed by atoms with Gasteiger partial charge >= 0.3 is 0 Å². The summed E-state index contributed by atoms with van der Waals surface area (Å²) in [7, 11) is -3.20. The maximum absolute atomic E-state index is 13.8. The number of piperidine rings is 1. The zero-order valence-corrected chi connectivity index (χ0v) is 12.8. The molecule has 1 saturated heterocycles. The van der Waals surface area contributed by atoms with Crippen molar-refractivity contribution in [3.63, 3.8) is 0 Å². The molecule has 4 nitrogen and oxygen atoms in total. The molecular weight excluding hydrogens is 303 g/mol. The topological polar surface area (TPSA) is 49.4 Å². The molecule has 0 unspecified atom stereocenters. The number of sulfonamides is 1. The van der Waals surface area contributed by atoms with Crippen molar-refractivity contribution < 1.29 is 12.8 Å². The van der Waals surface area contributed by atoms with E-state index in [-0.39, 0.29) is 11.9 Å². The van der Waals surface area contributed by atoms with Crippen molar-refractivity contribution in [3.05, 3.63) is 34.6 Å². The van der Waals surface area contributed by atoms with E-state index >= 15 is 0 Å². The highest BCUT2D eigenvalue weighted by atomic mass is 35.5. The Morgan fingerprint density at radius 3 is 2.90 bits per heavy atom. The first kappa shape index (κ1) is 15.7. The molecular formula is C13H18ClFN2O2S. The van der Waals surface area contributed by atoms with Crippen molar-refractivity contribution in [1.82, 2.24) is 9.62 Å². The van der Waals surface area contributed by atoms with Crippen LogP contribution in [-0.2, 0) is 16.6 Å². The van der Waals surface area contributed by atoms with Gasteiger partial charge in [-0.25, -0.2) is 17.5 Å². The predicted molar refractivity (Wildman–Crippen MR) is 77.7 cm³/mol. The molecule has 0 radical (unpaired) electrons. The van der Waals surface area contributed by atoms with Crippen LogP contribution >= 0.6 is 11.6 Å². The van der Waals surface area contributed by atoms with Gasteiger partial charge in [-0.05, 0) is 31.5 Å². The Kier molecular flexibility index (Phi) is 5.01. The Balaban J connectivity index is 1.99. The van der Waals surface area contributed by atoms with E-state index in [0.29, 0.717) is 23.7 Å². The molecule has 0 spiro atoms. The fraction of sp³-hybridized carbons (Fsp3) is 0.538. The third-order valence-corrected chi connectivity index (χ3v) is 4.29. The third kappa shape index (κ3) is 4.70. The quantitative estimate of drug-likeness (QED) is 0.923. The average molecular weight is 321 g/mol. The lowest BCUT2D eigenvalue weighted by molar-refractivity contribution is 0.192. The number of hydrogen-bond acceptors (Lipinski definition) is 3. The molecule has 2 rings (SSSR count). The molecule has 112 valence electrons. The van der Waals surface area contributed by atoms with Crippen LogP contribution in [0.2, 0.25) is 5.02 Å². The van der Waals surface area contributed by atoms with Gasteiger partial charge < -0.3 is 0 Å². The molecule has 7 heteroatoms. The van der Waals surface area contributed by atoms with Gasteiger partial charge in [0.15, 0.2) is 0 Å². The zero-order valence-electron chi connectivity index (χ0n) is 11.3. The first-order valence-corrected chi connectivity index (χ1v) is 8.74. The second kappa shape index (κ2) is 6.39. The Hall–Kier alpha value is -0.690. The van der Waals surface area contributed by atoms with E-state index in [1.807, 2.05) is 0 Å². The summed E-state index contributed by atoms with van der Waals surface area (Å²) in [6.45, 7) is 1.89. The first-order valence-electron chi connectivity index (χ1n) is 6.47. The van der Waals surface area contributed by atoms with E-state index in [0.717, 1.165) is 25.6 Å². The van der Waals surface area contributed by atoms with Crippen LogP contribution in [0.15, 0.2) is 18.2 Å². The Morgan fingerprint density at radius 1 is 1.50 bits per heavy atom. The second-order valence-electron chi connectivity index (χ2n) is 5.20. The highest BCUT2D eigenvalue weighted by Crippen LogP contribution is 2.19. The molecule has 1 aliphatic heterocycles. The van der Waals surface area contributed by atoms with Gasteiger partial charge in [-0.1, -0.05) is 17.7 Å². The number of likely N-dealkylation sites (tertiary alicyclic amines) is 1. The van der Waals surface area contributed by atoms with E-state index in [9.17, 15) is 12.8 Å². The van der Waals surface area contributed by atoms with Gasteiger partial charge in [0.2, 0.25) is 10.0 Å². The SMILES string of the molecule is CS(=O)(=O)N[C@H]1CCCN(Cc2ccc(Cl)cc2F)C1. The van der Waals surface area contributed by atoms with Crippen molar-refractivity contribution >= 4 is 21.6 Å². The molecule has 20 heavy (non-hydrogen) atoms. The van der Waals surface area contributed by atoms with E-state index < -0.39 is 10.0 Å². The minimum Gasteiger partial charge on any atom is -0.297 e. The summed E-state index contributed by atoms with van der Waals surface area (Å²) in [4.78, 5) is 2.05. The molecule has 0 aliphatic carbocycles. The van der Waals surface area contributed by atoms with Crippen LogP contribution in [0.1, 0.15) is 18.4 Å². The number of nitrogens with zero attached hydrogens (tertiary/aromatic N) is 1. The highest BCUT2D eigenvalue weighted by Gasteiger charge is 2.22. The minimum atomic E-state index is -3.20. The summed E-state index contributed by atoms with van der Waals surface area (Å²) >= 11 is 5.73. The fourth-order valence-corrected chi connectivity index (χ4v) is 3.45. The summed E-state index contributed by atoms with van der Waals surface area (Å²) in [5, 5.41) is 0.376. The molecule has 1 aromatic rings. The molecule has 1 aromatic carbocycles. The Labute approximate surface area is 124 Å². The van der Waals surface area contributed by atoms with Crippen LogP contribution in [0.4, 0.5) is 4.39 Å². The number of nitrogens with one attached hydrogen (secondary N) is 1. The normalized spacial score (nSPS) is 21.1. The van der Waals surface area contributed by atoms with Crippen molar-refractivity contribution in [2.45, 2.75) is 25.4 Å². The number of rotatable bonds is 4. The zero-order chi connectivity index (χ0) is 14.8. The van der Waals surface area contributed by atoms with Crippen LogP contribution in [0.5, 0.6) is 0 Å². The first-order chi connectivity index (χ1) is 9.33. The smallest absolute Gasteiger partial charge is 0.208 e. The number of halogens is 2. The summed E-state index contributed by atoms with van der Waals surface area (Å²) in [5.74, 6) is -0.323. The molecule has 1 atom stereocenters. The maximum atomic E-state index is 13.8. The molecule has 0 saturated carbocycles. The largest absolute Gasteiger partial charge is 0.297 e. The predicted octanol–water partition coefficient (Wildman–Crippen LogP) is 1.99. The molecule has 1 heterocycles. The molecule has 1 fully saturated rings. The van der Waals surface area contributed by atoms with Crippen LogP contribution in [-0.4, -0.2) is 38.7 Å². The molecule has 1 aliphatic rings. The van der Waals surface area contributed by atoms with Crippen molar-refractivity contribution in [2.75, 3.05) is 19.3 Å². The van der Waals surface area contributed by atoms with Crippen LogP contribution in [0, 0.1) is 5.82 Å². The van der Waals surface area contributed by atoms with Gasteiger partial charge in [-0.15, -0.1) is 0 Å².